The summed E-state index contributed by atoms with van der Waals surface area (Å²) in [7, 11) is 0. The Morgan fingerprint density at radius 2 is 1.84 bits per heavy atom. The Labute approximate surface area is 191 Å². The first-order valence-corrected chi connectivity index (χ1v) is 11.3. The normalized spacial score (nSPS) is 19.1. The van der Waals surface area contributed by atoms with Crippen LogP contribution in [0.5, 0.6) is 5.75 Å². The van der Waals surface area contributed by atoms with Crippen LogP contribution in [0.25, 0.3) is 11.0 Å². The third-order valence-corrected chi connectivity index (χ3v) is 6.58. The minimum Gasteiger partial charge on any atom is -0.439 e. The fraction of sp³-hybridized carbons (Fsp3) is 0.208. The van der Waals surface area contributed by atoms with E-state index in [4.69, 9.17) is 14.9 Å². The second-order valence-corrected chi connectivity index (χ2v) is 8.46. The van der Waals surface area contributed by atoms with Crippen molar-refractivity contribution in [2.24, 2.45) is 5.73 Å². The highest BCUT2D eigenvalue weighted by Gasteiger charge is 2.61. The zero-order valence-corrected chi connectivity index (χ0v) is 18.5. The van der Waals surface area contributed by atoms with Crippen molar-refractivity contribution < 1.29 is 13.9 Å². The second-order valence-electron chi connectivity index (χ2n) is 7.66. The summed E-state index contributed by atoms with van der Waals surface area (Å²) in [5.41, 5.74) is 5.13. The van der Waals surface area contributed by atoms with Crippen molar-refractivity contribution in [3.05, 3.63) is 81.5 Å². The molecule has 0 bridgehead atoms. The van der Waals surface area contributed by atoms with Gasteiger partial charge in [-0.15, -0.1) is 0 Å². The Bertz CT molecular complexity index is 1400. The molecule has 0 saturated carbocycles. The summed E-state index contributed by atoms with van der Waals surface area (Å²) in [5, 5.41) is 11.4. The molecule has 2 aromatic carbocycles. The monoisotopic (exact) mass is 491 g/mol. The van der Waals surface area contributed by atoms with Gasteiger partial charge in [0.25, 0.3) is 0 Å². The van der Waals surface area contributed by atoms with Crippen LogP contribution >= 0.6 is 15.9 Å². The number of alkyl halides is 1. The highest BCUT2D eigenvalue weighted by atomic mass is 79.9. The van der Waals surface area contributed by atoms with Gasteiger partial charge in [-0.25, -0.2) is 4.79 Å². The van der Waals surface area contributed by atoms with Crippen LogP contribution in [-0.4, -0.2) is 17.8 Å². The van der Waals surface area contributed by atoms with Crippen molar-refractivity contribution in [1.29, 1.82) is 5.26 Å². The van der Waals surface area contributed by atoms with E-state index in [1.165, 1.54) is 0 Å². The van der Waals surface area contributed by atoms with Gasteiger partial charge >= 0.3 is 5.63 Å². The number of para-hydroxylation sites is 2. The summed E-state index contributed by atoms with van der Waals surface area (Å²) >= 11 is 3.42. The van der Waals surface area contributed by atoms with E-state index in [2.05, 4.69) is 22.0 Å². The molecule has 7 nitrogen and oxygen atoms in total. The zero-order chi connectivity index (χ0) is 22.5. The Hall–Kier alpha value is -3.57. The number of fused-ring (bicyclic) bond motifs is 6. The van der Waals surface area contributed by atoms with Gasteiger partial charge in [0.1, 0.15) is 22.8 Å². The Morgan fingerprint density at radius 1 is 1.09 bits per heavy atom. The molecule has 0 saturated heterocycles. The molecular weight excluding hydrogens is 474 g/mol. The maximum Gasteiger partial charge on any atom is 0.345 e. The molecular formula is C24H18BrN3O4. The van der Waals surface area contributed by atoms with Crippen LogP contribution in [0.3, 0.4) is 0 Å². The molecule has 2 aliphatic heterocycles. The molecule has 8 heteroatoms. The van der Waals surface area contributed by atoms with Crippen LogP contribution in [0, 0.1) is 11.3 Å². The molecule has 5 rings (SSSR count). The summed E-state index contributed by atoms with van der Waals surface area (Å²) in [5.74, 6) is -0.445. The largest absolute Gasteiger partial charge is 0.439 e. The number of amides is 1. The standard InChI is InChI=1S/C24H18BrN3O4/c25-11-5-6-12-28-17-9-3-2-8-15(17)24(23(28)30)16(13-26)21(27)32-20-14-7-1-4-10-18(14)31-22(29)19(20)24/h1-4,7-10H,5-6,11-12,27H2. The van der Waals surface area contributed by atoms with E-state index in [-0.39, 0.29) is 22.8 Å². The molecule has 1 amide bonds. The van der Waals surface area contributed by atoms with Gasteiger partial charge in [-0.3, -0.25) is 4.79 Å². The maximum absolute atomic E-state index is 14.1. The third-order valence-electron chi connectivity index (χ3n) is 6.02. The number of hydrogen-bond acceptors (Lipinski definition) is 6. The third kappa shape index (κ3) is 2.58. The maximum atomic E-state index is 14.1. The lowest BCUT2D eigenvalue weighted by molar-refractivity contribution is -0.121. The minimum absolute atomic E-state index is 0.0117. The molecule has 0 aliphatic carbocycles. The summed E-state index contributed by atoms with van der Waals surface area (Å²) in [6.45, 7) is 0.441. The number of hydrogen-bond donors (Lipinski definition) is 1. The highest BCUT2D eigenvalue weighted by molar-refractivity contribution is 9.09. The Morgan fingerprint density at radius 3 is 2.62 bits per heavy atom. The van der Waals surface area contributed by atoms with Crippen molar-refractivity contribution in [2.45, 2.75) is 18.3 Å². The van der Waals surface area contributed by atoms with Gasteiger partial charge in [0.05, 0.1) is 5.39 Å². The molecule has 2 N–H and O–H groups in total. The van der Waals surface area contributed by atoms with Crippen LogP contribution < -0.4 is 21.0 Å². The predicted molar refractivity (Wildman–Crippen MR) is 123 cm³/mol. The van der Waals surface area contributed by atoms with E-state index in [1.54, 1.807) is 41.3 Å². The van der Waals surface area contributed by atoms with Gasteiger partial charge in [-0.05, 0) is 31.0 Å². The summed E-state index contributed by atoms with van der Waals surface area (Å²) in [6, 6.07) is 16.1. The highest BCUT2D eigenvalue weighted by Crippen LogP contribution is 2.55. The summed E-state index contributed by atoms with van der Waals surface area (Å²) < 4.78 is 11.4. The lowest BCUT2D eigenvalue weighted by Gasteiger charge is -2.33. The van der Waals surface area contributed by atoms with E-state index in [0.717, 1.165) is 18.2 Å². The molecule has 3 aromatic rings. The van der Waals surface area contributed by atoms with Gasteiger partial charge in [-0.1, -0.05) is 46.3 Å². The average molecular weight is 492 g/mol. The van der Waals surface area contributed by atoms with E-state index in [1.807, 2.05) is 12.1 Å². The number of anilines is 1. The van der Waals surface area contributed by atoms with Gasteiger partial charge in [0, 0.05) is 23.1 Å². The van der Waals surface area contributed by atoms with Crippen LogP contribution in [0.1, 0.15) is 24.0 Å². The van der Waals surface area contributed by atoms with Crippen LogP contribution in [0.15, 0.2) is 69.2 Å². The second kappa shape index (κ2) is 7.53. The van der Waals surface area contributed by atoms with Gasteiger partial charge < -0.3 is 19.8 Å². The average Bonchev–Trinajstić information content (AvgIpc) is 3.03. The Balaban J connectivity index is 1.88. The molecule has 2 aliphatic rings. The smallest absolute Gasteiger partial charge is 0.345 e. The van der Waals surface area contributed by atoms with Crippen molar-refractivity contribution in [3.8, 4) is 11.8 Å². The van der Waals surface area contributed by atoms with E-state index in [9.17, 15) is 14.9 Å². The van der Waals surface area contributed by atoms with Gasteiger partial charge in [0.2, 0.25) is 11.8 Å². The minimum atomic E-state index is -1.72. The van der Waals surface area contributed by atoms with Crippen molar-refractivity contribution in [1.82, 2.24) is 0 Å². The molecule has 1 spiro atoms. The number of nitrogens with two attached hydrogens (primary N) is 1. The number of nitriles is 1. The molecule has 1 atom stereocenters. The SMILES string of the molecule is N#CC1=C(N)Oc2c(c(=O)oc3ccccc23)C12C(=O)N(CCCCBr)c1ccccc12. The van der Waals surface area contributed by atoms with Gasteiger partial charge in [-0.2, -0.15) is 5.26 Å². The molecule has 3 heterocycles. The molecule has 1 unspecified atom stereocenters. The van der Waals surface area contributed by atoms with Crippen molar-refractivity contribution in [2.75, 3.05) is 16.8 Å². The molecule has 0 fully saturated rings. The topological polar surface area (TPSA) is 110 Å². The fourth-order valence-electron chi connectivity index (χ4n) is 4.68. The molecule has 32 heavy (non-hydrogen) atoms. The van der Waals surface area contributed by atoms with Crippen LogP contribution in [-0.2, 0) is 10.2 Å². The fourth-order valence-corrected chi connectivity index (χ4v) is 5.08. The number of carbonyl (C=O) groups excluding carboxylic acids is 1. The summed E-state index contributed by atoms with van der Waals surface area (Å²) in [6.07, 6.45) is 1.62. The summed E-state index contributed by atoms with van der Waals surface area (Å²) in [4.78, 5) is 29.1. The van der Waals surface area contributed by atoms with Crippen molar-refractivity contribution in [3.63, 3.8) is 0 Å². The number of nitrogens with zero attached hydrogens (tertiary/aromatic N) is 2. The van der Waals surface area contributed by atoms with E-state index in [0.29, 0.717) is 28.8 Å². The number of benzene rings is 2. The first-order valence-electron chi connectivity index (χ1n) is 10.2. The lowest BCUT2D eigenvalue weighted by atomic mass is 9.69. The van der Waals surface area contributed by atoms with Gasteiger partial charge in [0.15, 0.2) is 11.2 Å². The quantitative estimate of drug-likeness (QED) is 0.338. The number of carbonyl (C=O) groups is 1. The number of halogens is 1. The molecule has 0 radical (unpaired) electrons. The first-order chi connectivity index (χ1) is 15.6. The zero-order valence-electron chi connectivity index (χ0n) is 16.9. The number of ether oxygens (including phenoxy) is 1. The van der Waals surface area contributed by atoms with Crippen LogP contribution in [0.2, 0.25) is 0 Å². The van der Waals surface area contributed by atoms with E-state index >= 15 is 0 Å². The first kappa shape index (κ1) is 20.3. The lowest BCUT2D eigenvalue weighted by Crippen LogP contribution is -2.48. The number of rotatable bonds is 4. The van der Waals surface area contributed by atoms with E-state index < -0.39 is 16.9 Å². The number of unbranched alkanes of at least 4 members (excludes halogenated alkanes) is 1. The van der Waals surface area contributed by atoms with Crippen molar-refractivity contribution >= 4 is 38.5 Å². The molecule has 1 aromatic heterocycles. The predicted octanol–water partition coefficient (Wildman–Crippen LogP) is 3.69. The molecule has 160 valence electrons. The van der Waals surface area contributed by atoms with Crippen LogP contribution in [0.4, 0.5) is 5.69 Å². The Kier molecular flexibility index (Phi) is 4.79.